The monoisotopic (exact) mass is 298 g/mol. The van der Waals surface area contributed by atoms with E-state index in [-0.39, 0.29) is 5.91 Å². The number of pyridine rings is 1. The van der Waals surface area contributed by atoms with Gasteiger partial charge in [0.1, 0.15) is 0 Å². The Hall–Kier alpha value is -2.70. The van der Waals surface area contributed by atoms with E-state index < -0.39 is 0 Å². The molecule has 3 aromatic heterocycles. The largest absolute Gasteiger partial charge is 0.319 e. The topological polar surface area (TPSA) is 77.6 Å². The van der Waals surface area contributed by atoms with E-state index in [0.717, 1.165) is 33.8 Å². The zero-order valence-electron chi connectivity index (χ0n) is 13.3. The molecule has 0 fully saturated rings. The number of carbonyl (C=O) groups excluding carboxylic acids is 1. The summed E-state index contributed by atoms with van der Waals surface area (Å²) in [5, 5.41) is 12.4. The maximum Gasteiger partial charge on any atom is 0.257 e. The predicted octanol–water partition coefficient (Wildman–Crippen LogP) is 1.88. The van der Waals surface area contributed by atoms with Crippen LogP contribution in [-0.4, -0.2) is 30.5 Å². The minimum absolute atomic E-state index is 0.197. The van der Waals surface area contributed by atoms with E-state index in [1.54, 1.807) is 15.6 Å². The normalized spacial score (nSPS) is 11.1. The fourth-order valence-corrected chi connectivity index (χ4v) is 2.57. The highest BCUT2D eigenvalue weighted by Crippen LogP contribution is 2.21. The van der Waals surface area contributed by atoms with Crippen molar-refractivity contribution in [1.82, 2.24) is 24.5 Å². The lowest BCUT2D eigenvalue weighted by molar-refractivity contribution is 0.102. The lowest BCUT2D eigenvalue weighted by atomic mass is 10.2. The van der Waals surface area contributed by atoms with Crippen LogP contribution >= 0.6 is 0 Å². The number of aryl methyl sites for hydroxylation is 4. The molecule has 0 aromatic carbocycles. The number of anilines is 1. The van der Waals surface area contributed by atoms with Gasteiger partial charge in [-0.25, -0.2) is 4.98 Å². The molecule has 0 saturated carbocycles. The van der Waals surface area contributed by atoms with Gasteiger partial charge in [0.2, 0.25) is 0 Å². The number of nitrogens with zero attached hydrogens (tertiary/aromatic N) is 5. The molecule has 7 nitrogen and oxygen atoms in total. The average molecular weight is 298 g/mol. The number of aromatic nitrogens is 5. The van der Waals surface area contributed by atoms with Crippen molar-refractivity contribution < 1.29 is 4.79 Å². The Morgan fingerprint density at radius 2 is 1.77 bits per heavy atom. The van der Waals surface area contributed by atoms with Crippen molar-refractivity contribution in [3.63, 3.8) is 0 Å². The Labute approximate surface area is 128 Å². The zero-order chi connectivity index (χ0) is 16.0. The number of fused-ring (bicyclic) bond motifs is 1. The van der Waals surface area contributed by atoms with Crippen LogP contribution in [0.3, 0.4) is 0 Å². The second kappa shape index (κ2) is 4.94. The van der Waals surface area contributed by atoms with Crippen LogP contribution in [0.2, 0.25) is 0 Å². The van der Waals surface area contributed by atoms with Crippen LogP contribution in [0.1, 0.15) is 27.4 Å². The standard InChI is InChI=1S/C15H18N6O/c1-8-12-6-11(7-16-14(12)21(5)18-8)15(22)17-13-9(2)19-20(4)10(13)3/h6-7H,1-5H3,(H,17,22). The van der Waals surface area contributed by atoms with Crippen molar-refractivity contribution >= 4 is 22.6 Å². The predicted molar refractivity (Wildman–Crippen MR) is 83.9 cm³/mol. The zero-order valence-corrected chi connectivity index (χ0v) is 13.3. The van der Waals surface area contributed by atoms with Crippen molar-refractivity contribution in [3.8, 4) is 0 Å². The van der Waals surface area contributed by atoms with Gasteiger partial charge in [-0.15, -0.1) is 0 Å². The summed E-state index contributed by atoms with van der Waals surface area (Å²) >= 11 is 0. The summed E-state index contributed by atoms with van der Waals surface area (Å²) < 4.78 is 3.46. The summed E-state index contributed by atoms with van der Waals surface area (Å²) in [7, 11) is 3.69. The van der Waals surface area contributed by atoms with Crippen LogP contribution in [-0.2, 0) is 14.1 Å². The van der Waals surface area contributed by atoms with Crippen molar-refractivity contribution in [1.29, 1.82) is 0 Å². The van der Waals surface area contributed by atoms with Crippen molar-refractivity contribution in [2.24, 2.45) is 14.1 Å². The smallest absolute Gasteiger partial charge is 0.257 e. The first-order chi connectivity index (χ1) is 10.4. The van der Waals surface area contributed by atoms with Crippen molar-refractivity contribution in [2.45, 2.75) is 20.8 Å². The molecule has 3 rings (SSSR count). The number of amides is 1. The Kier molecular flexibility index (Phi) is 3.20. The minimum atomic E-state index is -0.197. The maximum atomic E-state index is 12.5. The maximum absolute atomic E-state index is 12.5. The molecule has 0 aliphatic heterocycles. The Morgan fingerprint density at radius 1 is 1.09 bits per heavy atom. The highest BCUT2D eigenvalue weighted by Gasteiger charge is 2.16. The summed E-state index contributed by atoms with van der Waals surface area (Å²) in [6.07, 6.45) is 1.57. The molecule has 0 radical (unpaired) electrons. The number of carbonyl (C=O) groups is 1. The van der Waals surface area contributed by atoms with Crippen molar-refractivity contribution in [2.75, 3.05) is 5.32 Å². The minimum Gasteiger partial charge on any atom is -0.319 e. The van der Waals surface area contributed by atoms with E-state index in [1.165, 1.54) is 0 Å². The first-order valence-electron chi connectivity index (χ1n) is 6.99. The lowest BCUT2D eigenvalue weighted by Gasteiger charge is -2.06. The Bertz CT molecular complexity index is 889. The molecule has 0 atom stereocenters. The van der Waals surface area contributed by atoms with Crippen LogP contribution in [0, 0.1) is 20.8 Å². The molecule has 0 aliphatic rings. The van der Waals surface area contributed by atoms with E-state index >= 15 is 0 Å². The molecule has 114 valence electrons. The molecule has 1 amide bonds. The molecule has 3 heterocycles. The fraction of sp³-hybridized carbons (Fsp3) is 0.333. The summed E-state index contributed by atoms with van der Waals surface area (Å²) in [5.74, 6) is -0.197. The van der Waals surface area contributed by atoms with Gasteiger partial charge in [0.15, 0.2) is 5.65 Å². The van der Waals surface area contributed by atoms with Gasteiger partial charge < -0.3 is 5.32 Å². The molecule has 0 unspecified atom stereocenters. The van der Waals surface area contributed by atoms with Gasteiger partial charge in [-0.1, -0.05) is 0 Å². The molecule has 3 aromatic rings. The van der Waals surface area contributed by atoms with Crippen LogP contribution in [0.5, 0.6) is 0 Å². The summed E-state index contributed by atoms with van der Waals surface area (Å²) in [6.45, 7) is 5.69. The Balaban J connectivity index is 1.97. The Morgan fingerprint density at radius 3 is 2.41 bits per heavy atom. The van der Waals surface area contributed by atoms with E-state index in [1.807, 2.05) is 40.9 Å². The second-order valence-corrected chi connectivity index (χ2v) is 5.43. The van der Waals surface area contributed by atoms with Crippen molar-refractivity contribution in [3.05, 3.63) is 34.9 Å². The second-order valence-electron chi connectivity index (χ2n) is 5.43. The SMILES string of the molecule is Cc1nn(C)c(C)c1NC(=O)c1cnc2c(c1)c(C)nn2C. The van der Waals surface area contributed by atoms with Gasteiger partial charge in [-0.05, 0) is 26.8 Å². The molecule has 7 heteroatoms. The van der Waals surface area contributed by atoms with Gasteiger partial charge >= 0.3 is 0 Å². The molecule has 0 bridgehead atoms. The van der Waals surface area contributed by atoms with E-state index in [9.17, 15) is 4.79 Å². The van der Waals surface area contributed by atoms with E-state index in [2.05, 4.69) is 20.5 Å². The lowest BCUT2D eigenvalue weighted by Crippen LogP contribution is -2.13. The molecule has 1 N–H and O–H groups in total. The van der Waals surface area contributed by atoms with Gasteiger partial charge in [-0.3, -0.25) is 14.2 Å². The van der Waals surface area contributed by atoms with Crippen LogP contribution in [0.25, 0.3) is 11.0 Å². The first kappa shape index (κ1) is 14.2. The van der Waals surface area contributed by atoms with Gasteiger partial charge in [0, 0.05) is 25.7 Å². The number of hydrogen-bond donors (Lipinski definition) is 1. The quantitative estimate of drug-likeness (QED) is 0.783. The van der Waals surface area contributed by atoms with Gasteiger partial charge in [0.25, 0.3) is 5.91 Å². The molecular weight excluding hydrogens is 280 g/mol. The summed E-state index contributed by atoms with van der Waals surface area (Å²) in [5.41, 5.74) is 4.58. The third-order valence-corrected chi connectivity index (χ3v) is 3.87. The van der Waals surface area contributed by atoms with Crippen LogP contribution in [0.4, 0.5) is 5.69 Å². The van der Waals surface area contributed by atoms with E-state index in [4.69, 9.17) is 0 Å². The highest BCUT2D eigenvalue weighted by molar-refractivity contribution is 6.06. The van der Waals surface area contributed by atoms with E-state index in [0.29, 0.717) is 5.56 Å². The fourth-order valence-electron chi connectivity index (χ4n) is 2.57. The summed E-state index contributed by atoms with van der Waals surface area (Å²) in [6, 6.07) is 1.82. The molecule has 0 saturated heterocycles. The third kappa shape index (κ3) is 2.14. The van der Waals surface area contributed by atoms with Crippen LogP contribution in [0.15, 0.2) is 12.3 Å². The molecule has 22 heavy (non-hydrogen) atoms. The molecule has 0 spiro atoms. The number of hydrogen-bond acceptors (Lipinski definition) is 4. The molecular formula is C15H18N6O. The molecule has 0 aliphatic carbocycles. The van der Waals surface area contributed by atoms with Gasteiger partial charge in [-0.2, -0.15) is 10.2 Å². The van der Waals surface area contributed by atoms with Crippen LogP contribution < -0.4 is 5.32 Å². The number of rotatable bonds is 2. The summed E-state index contributed by atoms with van der Waals surface area (Å²) in [4.78, 5) is 16.8. The average Bonchev–Trinajstić information content (AvgIpc) is 2.89. The highest BCUT2D eigenvalue weighted by atomic mass is 16.1. The van der Waals surface area contributed by atoms with Gasteiger partial charge in [0.05, 0.1) is 28.3 Å². The third-order valence-electron chi connectivity index (χ3n) is 3.87. The first-order valence-corrected chi connectivity index (χ1v) is 6.99. The number of nitrogens with one attached hydrogen (secondary N) is 1.